The van der Waals surface area contributed by atoms with Crippen LogP contribution >= 0.6 is 0 Å². The lowest BCUT2D eigenvalue weighted by Crippen LogP contribution is -2.42. The molecular weight excluding hydrogens is 298 g/mol. The number of hydrogen-bond acceptors (Lipinski definition) is 4. The molecule has 132 valence electrons. The first kappa shape index (κ1) is 19.3. The van der Waals surface area contributed by atoms with Crippen LogP contribution in [0.3, 0.4) is 0 Å². The van der Waals surface area contributed by atoms with Gasteiger partial charge in [-0.1, -0.05) is 6.42 Å². The highest BCUT2D eigenvalue weighted by Gasteiger charge is 2.19. The number of amides is 3. The lowest BCUT2D eigenvalue weighted by Gasteiger charge is -2.21. The van der Waals surface area contributed by atoms with Gasteiger partial charge in [0.1, 0.15) is 0 Å². The molecule has 7 heteroatoms. The Hall–Kier alpha value is -1.79. The molecule has 0 aromatic heterocycles. The van der Waals surface area contributed by atoms with Crippen LogP contribution < -0.4 is 5.32 Å². The third-order valence-corrected chi connectivity index (χ3v) is 3.87. The van der Waals surface area contributed by atoms with Crippen molar-refractivity contribution in [1.82, 2.24) is 15.1 Å². The van der Waals surface area contributed by atoms with Gasteiger partial charge in [0.05, 0.1) is 6.61 Å². The van der Waals surface area contributed by atoms with Gasteiger partial charge in [-0.05, 0) is 26.2 Å². The van der Waals surface area contributed by atoms with Gasteiger partial charge in [-0.3, -0.25) is 9.59 Å². The molecule has 1 aliphatic rings. The maximum atomic E-state index is 12.1. The summed E-state index contributed by atoms with van der Waals surface area (Å²) in [4.78, 5) is 38.2. The largest absolute Gasteiger partial charge is 0.466 e. The molecular formula is C16H29N3O4. The summed E-state index contributed by atoms with van der Waals surface area (Å²) in [6.45, 7) is 6.96. The Kier molecular flexibility index (Phi) is 9.09. The van der Waals surface area contributed by atoms with Gasteiger partial charge in [-0.25, -0.2) is 4.79 Å². The van der Waals surface area contributed by atoms with Crippen LogP contribution in [0.1, 0.15) is 46.0 Å². The Bertz CT molecular complexity index is 401. The van der Waals surface area contributed by atoms with Crippen molar-refractivity contribution in [2.75, 3.05) is 39.3 Å². The Balaban J connectivity index is 2.12. The van der Waals surface area contributed by atoms with E-state index >= 15 is 0 Å². The molecule has 1 fully saturated rings. The highest BCUT2D eigenvalue weighted by molar-refractivity contribution is 5.75. The molecule has 0 spiro atoms. The predicted octanol–water partition coefficient (Wildman–Crippen LogP) is 1.37. The molecule has 1 N–H and O–H groups in total. The average molecular weight is 327 g/mol. The molecule has 0 aliphatic carbocycles. The molecule has 1 heterocycles. The summed E-state index contributed by atoms with van der Waals surface area (Å²) in [7, 11) is 0. The second-order valence-corrected chi connectivity index (χ2v) is 5.69. The topological polar surface area (TPSA) is 79.0 Å². The summed E-state index contributed by atoms with van der Waals surface area (Å²) in [5, 5.41) is 2.90. The van der Waals surface area contributed by atoms with E-state index < -0.39 is 0 Å². The standard InChI is InChI=1S/C16H29N3O4/c1-3-23-15(21)8-5-4-6-9-17-16(22)19-11-7-10-18(12-13-19)14(2)20/h3-13H2,1-2H3,(H,17,22). The van der Waals surface area contributed by atoms with Crippen LogP contribution in [0.5, 0.6) is 0 Å². The van der Waals surface area contributed by atoms with Crippen molar-refractivity contribution in [2.45, 2.75) is 46.0 Å². The minimum absolute atomic E-state index is 0.0638. The van der Waals surface area contributed by atoms with Gasteiger partial charge in [0, 0.05) is 46.1 Å². The van der Waals surface area contributed by atoms with E-state index in [0.717, 1.165) is 25.7 Å². The fourth-order valence-corrected chi connectivity index (χ4v) is 2.55. The number of carbonyl (C=O) groups is 3. The lowest BCUT2D eigenvalue weighted by atomic mass is 10.2. The van der Waals surface area contributed by atoms with Crippen LogP contribution in [0.2, 0.25) is 0 Å². The van der Waals surface area contributed by atoms with E-state index in [-0.39, 0.29) is 17.9 Å². The number of nitrogens with one attached hydrogen (secondary N) is 1. The Morgan fingerprint density at radius 3 is 2.39 bits per heavy atom. The Morgan fingerprint density at radius 1 is 1.00 bits per heavy atom. The van der Waals surface area contributed by atoms with E-state index in [2.05, 4.69) is 5.32 Å². The number of urea groups is 1. The van der Waals surface area contributed by atoms with Crippen LogP contribution in [0.25, 0.3) is 0 Å². The molecule has 0 unspecified atom stereocenters. The zero-order valence-corrected chi connectivity index (χ0v) is 14.3. The van der Waals surface area contributed by atoms with Gasteiger partial charge in [0.2, 0.25) is 5.91 Å². The van der Waals surface area contributed by atoms with Gasteiger partial charge in [-0.15, -0.1) is 0 Å². The maximum absolute atomic E-state index is 12.1. The lowest BCUT2D eigenvalue weighted by molar-refractivity contribution is -0.143. The molecule has 1 rings (SSSR count). The molecule has 23 heavy (non-hydrogen) atoms. The summed E-state index contributed by atoms with van der Waals surface area (Å²) in [6.07, 6.45) is 3.77. The molecule has 1 aliphatic heterocycles. The number of unbranched alkanes of at least 4 members (excludes halogenated alkanes) is 2. The molecule has 0 bridgehead atoms. The number of carbonyl (C=O) groups excluding carboxylic acids is 3. The van der Waals surface area contributed by atoms with E-state index in [1.165, 1.54) is 0 Å². The Labute approximate surface area is 138 Å². The quantitative estimate of drug-likeness (QED) is 0.566. The molecule has 1 saturated heterocycles. The van der Waals surface area contributed by atoms with Gasteiger partial charge in [-0.2, -0.15) is 0 Å². The van der Waals surface area contributed by atoms with E-state index in [0.29, 0.717) is 45.8 Å². The zero-order valence-electron chi connectivity index (χ0n) is 14.3. The first-order chi connectivity index (χ1) is 11.0. The smallest absolute Gasteiger partial charge is 0.317 e. The van der Waals surface area contributed by atoms with Crippen LogP contribution in [0, 0.1) is 0 Å². The molecule has 0 aromatic carbocycles. The summed E-state index contributed by atoms with van der Waals surface area (Å²) in [5.74, 6) is -0.0926. The summed E-state index contributed by atoms with van der Waals surface area (Å²) in [5.41, 5.74) is 0. The minimum atomic E-state index is -0.156. The third-order valence-electron chi connectivity index (χ3n) is 3.87. The van der Waals surface area contributed by atoms with Crippen molar-refractivity contribution in [3.63, 3.8) is 0 Å². The predicted molar refractivity (Wildman–Crippen MR) is 86.9 cm³/mol. The Morgan fingerprint density at radius 2 is 1.70 bits per heavy atom. The first-order valence-corrected chi connectivity index (χ1v) is 8.48. The van der Waals surface area contributed by atoms with Crippen LogP contribution in [-0.2, 0) is 14.3 Å². The third kappa shape index (κ3) is 7.85. The van der Waals surface area contributed by atoms with Gasteiger partial charge >= 0.3 is 12.0 Å². The number of ether oxygens (including phenoxy) is 1. The normalized spacial score (nSPS) is 15.0. The van der Waals surface area contributed by atoms with Crippen molar-refractivity contribution in [1.29, 1.82) is 0 Å². The SMILES string of the molecule is CCOC(=O)CCCCCNC(=O)N1CCCN(C(C)=O)CC1. The van der Waals surface area contributed by atoms with Crippen molar-refractivity contribution >= 4 is 17.9 Å². The molecule has 7 nitrogen and oxygen atoms in total. The number of nitrogens with zero attached hydrogens (tertiary/aromatic N) is 2. The molecule has 0 saturated carbocycles. The van der Waals surface area contributed by atoms with Crippen LogP contribution in [-0.4, -0.2) is 67.0 Å². The first-order valence-electron chi connectivity index (χ1n) is 8.48. The highest BCUT2D eigenvalue weighted by Crippen LogP contribution is 2.04. The number of esters is 1. The monoisotopic (exact) mass is 327 g/mol. The van der Waals surface area contributed by atoms with Crippen molar-refractivity contribution in [2.24, 2.45) is 0 Å². The van der Waals surface area contributed by atoms with Crippen molar-refractivity contribution < 1.29 is 19.1 Å². The second kappa shape index (κ2) is 10.9. The summed E-state index contributed by atoms with van der Waals surface area (Å²) < 4.78 is 4.86. The van der Waals surface area contributed by atoms with E-state index in [4.69, 9.17) is 4.74 Å². The van der Waals surface area contributed by atoms with Gasteiger partial charge in [0.15, 0.2) is 0 Å². The summed E-state index contributed by atoms with van der Waals surface area (Å²) in [6, 6.07) is -0.0687. The summed E-state index contributed by atoms with van der Waals surface area (Å²) >= 11 is 0. The highest BCUT2D eigenvalue weighted by atomic mass is 16.5. The van der Waals surface area contributed by atoms with Crippen molar-refractivity contribution in [3.8, 4) is 0 Å². The fourth-order valence-electron chi connectivity index (χ4n) is 2.55. The van der Waals surface area contributed by atoms with E-state index in [9.17, 15) is 14.4 Å². The molecule has 0 radical (unpaired) electrons. The van der Waals surface area contributed by atoms with Gasteiger partial charge < -0.3 is 19.9 Å². The molecule has 3 amide bonds. The average Bonchev–Trinajstić information content (AvgIpc) is 2.77. The van der Waals surface area contributed by atoms with Gasteiger partial charge in [0.25, 0.3) is 0 Å². The molecule has 0 atom stereocenters. The van der Waals surface area contributed by atoms with E-state index in [1.54, 1.807) is 23.6 Å². The van der Waals surface area contributed by atoms with Crippen molar-refractivity contribution in [3.05, 3.63) is 0 Å². The second-order valence-electron chi connectivity index (χ2n) is 5.69. The van der Waals surface area contributed by atoms with Crippen LogP contribution in [0.4, 0.5) is 4.79 Å². The minimum Gasteiger partial charge on any atom is -0.466 e. The molecule has 0 aromatic rings. The number of hydrogen-bond donors (Lipinski definition) is 1. The zero-order chi connectivity index (χ0) is 17.1. The maximum Gasteiger partial charge on any atom is 0.317 e. The van der Waals surface area contributed by atoms with E-state index in [1.807, 2.05) is 0 Å². The number of rotatable bonds is 7. The fraction of sp³-hybridized carbons (Fsp3) is 0.812. The van der Waals surface area contributed by atoms with Crippen LogP contribution in [0.15, 0.2) is 0 Å².